The highest BCUT2D eigenvalue weighted by Gasteiger charge is 2.55. The molecule has 4 saturated heterocycles. The molecule has 5 heterocycles. The molecule has 364 valence electrons. The number of aliphatic hydroxyl groups excluding tert-OH is 5. The Bertz CT molecular complexity index is 1520. The molecule has 0 amide bonds. The van der Waals surface area contributed by atoms with E-state index in [1.54, 1.807) is 6.92 Å². The Morgan fingerprint density at radius 3 is 2.30 bits per heavy atom. The number of aliphatic hydroxyl groups is 8. The van der Waals surface area contributed by atoms with E-state index < -0.39 is 114 Å². The van der Waals surface area contributed by atoms with Crippen molar-refractivity contribution in [1.82, 2.24) is 0 Å². The van der Waals surface area contributed by atoms with Gasteiger partial charge in [-0.05, 0) is 83.6 Å². The highest BCUT2D eigenvalue weighted by Crippen LogP contribution is 2.48. The van der Waals surface area contributed by atoms with Crippen molar-refractivity contribution in [2.75, 3.05) is 13.7 Å². The maximum absolute atomic E-state index is 13.7. The van der Waals surface area contributed by atoms with Gasteiger partial charge in [0, 0.05) is 56.6 Å². The second kappa shape index (κ2) is 21.6. The SMILES string of the molecule is CC[C@H](O)C[C@@H]1O[C@]2(CC[C@@H]1C)C[C@H]1OC(=O)C=C[C@](C)(O)[C@H](O)[C@H](C)[C@H](O)[C@H](O[C@@H]3C[C@H](OC)[C@H](O)[C@H](C)O3)[C@H](O)[C@](C)(O)CCCC=C[C@@H]3C[C@H](C)CO[C@@]3(O)C[C@@H](O2)[C@@H]1C. The van der Waals surface area contributed by atoms with Crippen LogP contribution in [-0.4, -0.2) is 157 Å². The maximum atomic E-state index is 13.7. The predicted molar refractivity (Wildman–Crippen MR) is 229 cm³/mol. The lowest BCUT2D eigenvalue weighted by Crippen LogP contribution is -2.59. The van der Waals surface area contributed by atoms with Crippen molar-refractivity contribution in [2.45, 2.75) is 222 Å². The van der Waals surface area contributed by atoms with Crippen LogP contribution in [0.1, 0.15) is 126 Å². The molecule has 2 bridgehead atoms. The molecular weight excluding hydrogens is 821 g/mol. The van der Waals surface area contributed by atoms with E-state index in [9.17, 15) is 45.6 Å². The van der Waals surface area contributed by atoms with Crippen molar-refractivity contribution >= 4 is 5.97 Å². The summed E-state index contributed by atoms with van der Waals surface area (Å²) in [4.78, 5) is 13.7. The molecule has 5 aliphatic heterocycles. The summed E-state index contributed by atoms with van der Waals surface area (Å²) in [5.41, 5.74) is -3.97. The molecule has 0 unspecified atom stereocenters. The van der Waals surface area contributed by atoms with E-state index in [1.807, 2.05) is 32.9 Å². The zero-order valence-corrected chi connectivity index (χ0v) is 39.0. The lowest BCUT2D eigenvalue weighted by molar-refractivity contribution is -0.362. The molecule has 4 fully saturated rings. The summed E-state index contributed by atoms with van der Waals surface area (Å²) in [6.45, 7) is 14.0. The normalized spacial score (nSPS) is 49.3. The third-order valence-electron chi connectivity index (χ3n) is 14.8. The molecule has 21 atom stereocenters. The molecule has 5 aliphatic rings. The molecule has 0 aromatic heterocycles. The van der Waals surface area contributed by atoms with Crippen molar-refractivity contribution in [1.29, 1.82) is 0 Å². The van der Waals surface area contributed by atoms with Crippen LogP contribution < -0.4 is 0 Å². The zero-order chi connectivity index (χ0) is 46.7. The van der Waals surface area contributed by atoms with Crippen LogP contribution in [0.5, 0.6) is 0 Å². The minimum absolute atomic E-state index is 0.0294. The van der Waals surface area contributed by atoms with Crippen LogP contribution in [0.4, 0.5) is 0 Å². The number of carbonyl (C=O) groups is 1. The van der Waals surface area contributed by atoms with E-state index in [2.05, 4.69) is 6.92 Å². The first-order valence-electron chi connectivity index (χ1n) is 23.4. The van der Waals surface area contributed by atoms with Crippen molar-refractivity contribution < 1.29 is 78.8 Å². The Labute approximate surface area is 373 Å². The van der Waals surface area contributed by atoms with Gasteiger partial charge in [0.1, 0.15) is 30.0 Å². The van der Waals surface area contributed by atoms with Crippen molar-refractivity contribution in [3.05, 3.63) is 24.3 Å². The Kier molecular flexibility index (Phi) is 17.9. The van der Waals surface area contributed by atoms with Crippen LogP contribution in [0.3, 0.4) is 0 Å². The van der Waals surface area contributed by atoms with Crippen LogP contribution >= 0.6 is 0 Å². The minimum atomic E-state index is -2.13. The third-order valence-corrected chi connectivity index (χ3v) is 14.8. The van der Waals surface area contributed by atoms with E-state index in [-0.39, 0.29) is 43.6 Å². The summed E-state index contributed by atoms with van der Waals surface area (Å²) < 4.78 is 43.6. The number of methoxy groups -OCH3 is 1. The van der Waals surface area contributed by atoms with Gasteiger partial charge in [0.25, 0.3) is 0 Å². The maximum Gasteiger partial charge on any atom is 0.330 e. The van der Waals surface area contributed by atoms with Gasteiger partial charge in [0.2, 0.25) is 0 Å². The molecule has 5 rings (SSSR count). The van der Waals surface area contributed by atoms with Gasteiger partial charge in [-0.3, -0.25) is 0 Å². The van der Waals surface area contributed by atoms with Gasteiger partial charge < -0.3 is 74.0 Å². The smallest absolute Gasteiger partial charge is 0.330 e. The highest BCUT2D eigenvalue weighted by molar-refractivity contribution is 5.82. The Morgan fingerprint density at radius 1 is 0.905 bits per heavy atom. The zero-order valence-electron chi connectivity index (χ0n) is 39.0. The summed E-state index contributed by atoms with van der Waals surface area (Å²) in [6, 6.07) is 0. The molecule has 0 aliphatic carbocycles. The number of hydrogen-bond acceptors (Lipinski definition) is 16. The average Bonchev–Trinajstić information content (AvgIpc) is 3.23. The molecule has 0 saturated carbocycles. The summed E-state index contributed by atoms with van der Waals surface area (Å²) in [6.07, 6.45) is -2.72. The Balaban J connectivity index is 1.49. The monoisotopic (exact) mass is 901 g/mol. The van der Waals surface area contributed by atoms with Crippen molar-refractivity contribution in [2.24, 2.45) is 29.6 Å². The number of allylic oxidation sites excluding steroid dienone is 1. The van der Waals surface area contributed by atoms with Gasteiger partial charge in [-0.25, -0.2) is 4.79 Å². The van der Waals surface area contributed by atoms with Crippen LogP contribution in [0.15, 0.2) is 24.3 Å². The van der Waals surface area contributed by atoms with Gasteiger partial charge in [-0.1, -0.05) is 46.8 Å². The number of ether oxygens (including phenoxy) is 7. The second-order valence-corrected chi connectivity index (χ2v) is 20.2. The molecular formula is C47H80O16. The fourth-order valence-corrected chi connectivity index (χ4v) is 10.1. The number of carbonyl (C=O) groups excluding carboxylic acids is 1. The van der Waals surface area contributed by atoms with Crippen molar-refractivity contribution in [3.63, 3.8) is 0 Å². The third kappa shape index (κ3) is 12.7. The van der Waals surface area contributed by atoms with Crippen LogP contribution in [-0.2, 0) is 38.0 Å². The lowest BCUT2D eigenvalue weighted by Gasteiger charge is -2.53. The van der Waals surface area contributed by atoms with Gasteiger partial charge in [-0.15, -0.1) is 0 Å². The fourth-order valence-electron chi connectivity index (χ4n) is 10.1. The standard InChI is InChI=1S/C47H80O16/c1-10-32(48)21-33-27(3)15-19-46(62-33)23-35-28(4)36(63-46)24-47(56)31(20-26(2)25-58-47)14-12-11-13-17-44(7,54)43(53)41(61-38-22-34(57-9)40(51)30(6)59-38)39(50)29(5)42(52)45(8,55)18-16-37(49)60-35/h12,14,16,18,26-36,38-43,48,50-56H,10-11,13,15,17,19-25H2,1-9H3/t26-,27-,28+,29+,30-,31+,32-,33-,34-,35+,36+,38+,39-,40+,41-,42+,43-,44+,45-,46-,47-/m0/s1. The summed E-state index contributed by atoms with van der Waals surface area (Å²) in [5.74, 6) is -5.51. The summed E-state index contributed by atoms with van der Waals surface area (Å²) in [5, 5.41) is 92.3. The molecule has 16 heteroatoms. The minimum Gasteiger partial charge on any atom is -0.459 e. The average molecular weight is 901 g/mol. The highest BCUT2D eigenvalue weighted by atomic mass is 16.7. The van der Waals surface area contributed by atoms with Gasteiger partial charge in [-0.2, -0.15) is 0 Å². The van der Waals surface area contributed by atoms with Crippen molar-refractivity contribution in [3.8, 4) is 0 Å². The van der Waals surface area contributed by atoms with Gasteiger partial charge in [0.15, 0.2) is 17.9 Å². The molecule has 8 N–H and O–H groups in total. The summed E-state index contributed by atoms with van der Waals surface area (Å²) >= 11 is 0. The van der Waals surface area contributed by atoms with Crippen LogP contribution in [0, 0.1) is 29.6 Å². The number of fused-ring (bicyclic) bond motifs is 3. The molecule has 16 nitrogen and oxygen atoms in total. The molecule has 0 aromatic carbocycles. The molecule has 1 spiro atoms. The Hall–Kier alpha value is -1.61. The van der Waals surface area contributed by atoms with Gasteiger partial charge in [0.05, 0.1) is 54.9 Å². The fraction of sp³-hybridized carbons (Fsp3) is 0.894. The van der Waals surface area contributed by atoms with E-state index in [1.165, 1.54) is 27.9 Å². The van der Waals surface area contributed by atoms with E-state index in [0.717, 1.165) is 18.6 Å². The van der Waals surface area contributed by atoms with Gasteiger partial charge >= 0.3 is 5.97 Å². The lowest BCUT2D eigenvalue weighted by atomic mass is 9.77. The molecule has 63 heavy (non-hydrogen) atoms. The quantitative estimate of drug-likeness (QED) is 0.141. The topological polar surface area (TPSA) is 244 Å². The van der Waals surface area contributed by atoms with E-state index >= 15 is 0 Å². The Morgan fingerprint density at radius 2 is 1.62 bits per heavy atom. The summed E-state index contributed by atoms with van der Waals surface area (Å²) in [7, 11) is 1.43. The first-order valence-corrected chi connectivity index (χ1v) is 23.4. The molecule has 0 aromatic rings. The predicted octanol–water partition coefficient (Wildman–Crippen LogP) is 3.16. The largest absolute Gasteiger partial charge is 0.459 e. The second-order valence-electron chi connectivity index (χ2n) is 20.2. The van der Waals surface area contributed by atoms with E-state index in [0.29, 0.717) is 45.1 Å². The first-order chi connectivity index (χ1) is 29.4. The number of esters is 1. The van der Waals surface area contributed by atoms with Crippen LogP contribution in [0.2, 0.25) is 0 Å². The first kappa shape index (κ1) is 52.4. The number of rotatable bonds is 6. The van der Waals surface area contributed by atoms with E-state index in [4.69, 9.17) is 33.2 Å². The molecule has 0 radical (unpaired) electrons. The van der Waals surface area contributed by atoms with Crippen LogP contribution in [0.25, 0.3) is 0 Å². The number of hydrogen-bond donors (Lipinski definition) is 8.